The van der Waals surface area contributed by atoms with Crippen LogP contribution in [0.15, 0.2) is 29.2 Å². The lowest BCUT2D eigenvalue weighted by Crippen LogP contribution is -2.44. The van der Waals surface area contributed by atoms with Gasteiger partial charge in [-0.2, -0.15) is 9.57 Å². The monoisotopic (exact) mass is 378 g/mol. The van der Waals surface area contributed by atoms with Crippen molar-refractivity contribution < 1.29 is 18.0 Å². The number of piperidine rings is 1. The van der Waals surface area contributed by atoms with Crippen LogP contribution in [0.4, 0.5) is 0 Å². The van der Waals surface area contributed by atoms with Crippen LogP contribution in [0, 0.1) is 17.2 Å². The number of carbonyl (C=O) groups is 2. The first kappa shape index (κ1) is 19.9. The number of sulfonamides is 1. The molecule has 8 nitrogen and oxygen atoms in total. The minimum absolute atomic E-state index is 0.0599. The number of benzene rings is 1. The van der Waals surface area contributed by atoms with E-state index in [9.17, 15) is 18.0 Å². The van der Waals surface area contributed by atoms with Crippen LogP contribution in [-0.4, -0.2) is 63.2 Å². The van der Waals surface area contributed by atoms with Crippen LogP contribution in [0.1, 0.15) is 18.4 Å². The van der Waals surface area contributed by atoms with Crippen LogP contribution in [-0.2, 0) is 19.6 Å². The fourth-order valence-electron chi connectivity index (χ4n) is 2.67. The van der Waals surface area contributed by atoms with Crippen molar-refractivity contribution in [3.05, 3.63) is 29.8 Å². The number of hydrogen-bond donors (Lipinski definition) is 1. The van der Waals surface area contributed by atoms with Crippen LogP contribution in [0.25, 0.3) is 0 Å². The third-order valence-corrected chi connectivity index (χ3v) is 6.27. The number of carbonyl (C=O) groups excluding carboxylic acids is 2. The molecule has 1 aliphatic rings. The lowest BCUT2D eigenvalue weighted by atomic mass is 9.97. The molecular formula is C17H22N4O4S. The quantitative estimate of drug-likeness (QED) is 0.785. The summed E-state index contributed by atoms with van der Waals surface area (Å²) in [7, 11) is -0.417. The molecular weight excluding hydrogens is 356 g/mol. The lowest BCUT2D eigenvalue weighted by molar-refractivity contribution is -0.132. The molecule has 2 rings (SSSR count). The summed E-state index contributed by atoms with van der Waals surface area (Å²) in [6.07, 6.45) is 0.801. The molecule has 1 aliphatic heterocycles. The Bertz CT molecular complexity index is 804. The minimum Gasteiger partial charge on any atom is -0.347 e. The highest BCUT2D eigenvalue weighted by Crippen LogP contribution is 2.24. The summed E-state index contributed by atoms with van der Waals surface area (Å²) in [4.78, 5) is 25.2. The third-order valence-electron chi connectivity index (χ3n) is 4.36. The molecule has 26 heavy (non-hydrogen) atoms. The highest BCUT2D eigenvalue weighted by Gasteiger charge is 2.32. The second kappa shape index (κ2) is 8.29. The summed E-state index contributed by atoms with van der Waals surface area (Å²) >= 11 is 0. The number of rotatable bonds is 5. The number of likely N-dealkylation sites (N-methyl/N-ethyl adjacent to an activating group) is 1. The Labute approximate surface area is 153 Å². The van der Waals surface area contributed by atoms with Gasteiger partial charge in [-0.1, -0.05) is 0 Å². The van der Waals surface area contributed by atoms with E-state index in [1.807, 2.05) is 6.07 Å². The average Bonchev–Trinajstić information content (AvgIpc) is 2.65. The Morgan fingerprint density at radius 2 is 1.81 bits per heavy atom. The molecule has 0 aliphatic carbocycles. The maximum atomic E-state index is 12.6. The predicted molar refractivity (Wildman–Crippen MR) is 94.3 cm³/mol. The Morgan fingerprint density at radius 3 is 2.31 bits per heavy atom. The zero-order valence-corrected chi connectivity index (χ0v) is 15.6. The molecule has 140 valence electrons. The zero-order valence-electron chi connectivity index (χ0n) is 14.8. The summed E-state index contributed by atoms with van der Waals surface area (Å²) in [5.41, 5.74) is 0.395. The van der Waals surface area contributed by atoms with E-state index in [-0.39, 0.29) is 42.3 Å². The molecule has 0 aromatic heterocycles. The first-order chi connectivity index (χ1) is 12.3. The van der Waals surface area contributed by atoms with E-state index in [0.717, 1.165) is 0 Å². The molecule has 0 spiro atoms. The number of amides is 2. The second-order valence-corrected chi connectivity index (χ2v) is 8.26. The number of nitrogens with one attached hydrogen (secondary N) is 1. The molecule has 1 saturated heterocycles. The molecule has 1 aromatic carbocycles. The van der Waals surface area contributed by atoms with Crippen LogP contribution in [0.5, 0.6) is 0 Å². The molecule has 1 N–H and O–H groups in total. The molecule has 1 heterocycles. The van der Waals surface area contributed by atoms with Gasteiger partial charge in [0.15, 0.2) is 0 Å². The molecule has 1 fully saturated rings. The van der Waals surface area contributed by atoms with Gasteiger partial charge in [0.25, 0.3) is 0 Å². The molecule has 1 aromatic rings. The molecule has 0 bridgehead atoms. The summed E-state index contributed by atoms with van der Waals surface area (Å²) in [5.74, 6) is -0.729. The summed E-state index contributed by atoms with van der Waals surface area (Å²) in [6.45, 7) is 0.416. The van der Waals surface area contributed by atoms with Crippen LogP contribution < -0.4 is 5.32 Å². The van der Waals surface area contributed by atoms with E-state index in [4.69, 9.17) is 5.26 Å². The SMILES string of the molecule is CN(C)C(=O)CNC(=O)C1CCN(S(=O)(=O)c2ccc(C#N)cc2)CC1. The zero-order chi connectivity index (χ0) is 19.3. The van der Waals surface area contributed by atoms with E-state index in [2.05, 4.69) is 5.32 Å². The first-order valence-electron chi connectivity index (χ1n) is 8.24. The fourth-order valence-corrected chi connectivity index (χ4v) is 4.14. The predicted octanol–water partition coefficient (Wildman–Crippen LogP) is 0.163. The van der Waals surface area contributed by atoms with Gasteiger partial charge in [0.2, 0.25) is 21.8 Å². The van der Waals surface area contributed by atoms with Crippen molar-refractivity contribution >= 4 is 21.8 Å². The van der Waals surface area contributed by atoms with E-state index in [1.54, 1.807) is 14.1 Å². The van der Waals surface area contributed by atoms with Crippen LogP contribution in [0.2, 0.25) is 0 Å². The van der Waals surface area contributed by atoms with Crippen LogP contribution >= 0.6 is 0 Å². The van der Waals surface area contributed by atoms with Crippen LogP contribution in [0.3, 0.4) is 0 Å². The van der Waals surface area contributed by atoms with Crippen molar-refractivity contribution in [1.29, 1.82) is 5.26 Å². The third kappa shape index (κ3) is 4.59. The highest BCUT2D eigenvalue weighted by molar-refractivity contribution is 7.89. The smallest absolute Gasteiger partial charge is 0.243 e. The fraction of sp³-hybridized carbons (Fsp3) is 0.471. The second-order valence-electron chi connectivity index (χ2n) is 6.32. The van der Waals surface area contributed by atoms with Crippen molar-refractivity contribution in [3.8, 4) is 6.07 Å². The van der Waals surface area contributed by atoms with Crippen molar-refractivity contribution in [2.24, 2.45) is 5.92 Å². The van der Waals surface area contributed by atoms with Gasteiger partial charge in [0.05, 0.1) is 23.1 Å². The van der Waals surface area contributed by atoms with Crippen molar-refractivity contribution in [3.63, 3.8) is 0 Å². The average molecular weight is 378 g/mol. The van der Waals surface area contributed by atoms with Gasteiger partial charge in [-0.25, -0.2) is 8.42 Å². The number of nitriles is 1. The summed E-state index contributed by atoms with van der Waals surface area (Å²) < 4.78 is 26.6. The Morgan fingerprint density at radius 1 is 1.23 bits per heavy atom. The van der Waals surface area contributed by atoms with Gasteiger partial charge >= 0.3 is 0 Å². The maximum absolute atomic E-state index is 12.6. The van der Waals surface area contributed by atoms with E-state index in [0.29, 0.717) is 18.4 Å². The largest absolute Gasteiger partial charge is 0.347 e. The van der Waals surface area contributed by atoms with Crippen molar-refractivity contribution in [2.45, 2.75) is 17.7 Å². The van der Waals surface area contributed by atoms with Gasteiger partial charge in [-0.15, -0.1) is 0 Å². The van der Waals surface area contributed by atoms with E-state index < -0.39 is 10.0 Å². The Kier molecular flexibility index (Phi) is 6.34. The standard InChI is InChI=1S/C17H22N4O4S/c1-20(2)16(22)12-19-17(23)14-7-9-21(10-8-14)26(24,25)15-5-3-13(11-18)4-6-15/h3-6,14H,7-10,12H2,1-2H3,(H,19,23). The van der Waals surface area contributed by atoms with Gasteiger partial charge in [-0.3, -0.25) is 9.59 Å². The molecule has 9 heteroatoms. The van der Waals surface area contributed by atoms with Gasteiger partial charge < -0.3 is 10.2 Å². The molecule has 2 amide bonds. The van der Waals surface area contributed by atoms with E-state index in [1.165, 1.54) is 33.5 Å². The lowest BCUT2D eigenvalue weighted by Gasteiger charge is -2.30. The van der Waals surface area contributed by atoms with Gasteiger partial charge in [-0.05, 0) is 37.1 Å². The Balaban J connectivity index is 1.93. The number of nitrogens with zero attached hydrogens (tertiary/aromatic N) is 3. The van der Waals surface area contributed by atoms with Crippen molar-refractivity contribution in [1.82, 2.24) is 14.5 Å². The maximum Gasteiger partial charge on any atom is 0.243 e. The van der Waals surface area contributed by atoms with Crippen molar-refractivity contribution in [2.75, 3.05) is 33.7 Å². The number of hydrogen-bond acceptors (Lipinski definition) is 5. The molecule has 0 atom stereocenters. The van der Waals surface area contributed by atoms with Gasteiger partial charge in [0, 0.05) is 33.1 Å². The Hall–Kier alpha value is -2.44. The topological polar surface area (TPSA) is 111 Å². The normalized spacial score (nSPS) is 15.9. The highest BCUT2D eigenvalue weighted by atomic mass is 32.2. The summed E-state index contributed by atoms with van der Waals surface area (Å²) in [6, 6.07) is 7.72. The van der Waals surface area contributed by atoms with Gasteiger partial charge in [0.1, 0.15) is 0 Å². The first-order valence-corrected chi connectivity index (χ1v) is 9.68. The minimum atomic E-state index is -3.64. The van der Waals surface area contributed by atoms with E-state index >= 15 is 0 Å². The molecule has 0 unspecified atom stereocenters. The molecule has 0 radical (unpaired) electrons. The summed E-state index contributed by atoms with van der Waals surface area (Å²) in [5, 5.41) is 11.4. The molecule has 0 saturated carbocycles.